The van der Waals surface area contributed by atoms with E-state index in [0.29, 0.717) is 12.0 Å². The zero-order chi connectivity index (χ0) is 29.0. The normalized spacial score (nSPS) is 30.2. The first-order valence-corrected chi connectivity index (χ1v) is 13.0. The Hall–Kier alpha value is -3.70. The number of hydrogen-bond donors (Lipinski definition) is 5. The van der Waals surface area contributed by atoms with Crippen LogP contribution in [0, 0.1) is 11.8 Å². The average molecular weight is 543 g/mol. The van der Waals surface area contributed by atoms with Crippen molar-refractivity contribution in [1.82, 2.24) is 4.90 Å². The van der Waals surface area contributed by atoms with Gasteiger partial charge < -0.3 is 30.9 Å². The van der Waals surface area contributed by atoms with Gasteiger partial charge in [-0.05, 0) is 38.1 Å². The first kappa shape index (κ1) is 28.3. The van der Waals surface area contributed by atoms with E-state index in [1.807, 2.05) is 6.92 Å². The first-order chi connectivity index (χ1) is 18.3. The number of unbranched alkanes of at least 4 members (excludes halogenated alkanes) is 2. The summed E-state index contributed by atoms with van der Waals surface area (Å²) >= 11 is 0. The average Bonchev–Trinajstić information content (AvgIpc) is 2.85. The molecule has 0 spiro atoms. The second kappa shape index (κ2) is 10.1. The molecule has 1 aromatic carbocycles. The molecular formula is C28H34N2O9. The zero-order valence-corrected chi connectivity index (χ0v) is 22.3. The van der Waals surface area contributed by atoms with E-state index in [0.717, 1.165) is 12.8 Å². The van der Waals surface area contributed by atoms with Gasteiger partial charge in [0, 0.05) is 17.9 Å². The second-order valence-corrected chi connectivity index (χ2v) is 10.7. The third-order valence-corrected chi connectivity index (χ3v) is 8.22. The first-order valence-electron chi connectivity index (χ1n) is 13.0. The smallest absolute Gasteiger partial charge is 0.306 e. The number of fused-ring (bicyclic) bond motifs is 3. The molecule has 11 heteroatoms. The van der Waals surface area contributed by atoms with E-state index >= 15 is 0 Å². The lowest BCUT2D eigenvalue weighted by Gasteiger charge is -2.54. The Morgan fingerprint density at radius 2 is 1.79 bits per heavy atom. The van der Waals surface area contributed by atoms with Gasteiger partial charge in [-0.25, -0.2) is 0 Å². The molecule has 6 N–H and O–H groups in total. The summed E-state index contributed by atoms with van der Waals surface area (Å²) in [5.74, 6) is -9.57. The predicted molar refractivity (Wildman–Crippen MR) is 138 cm³/mol. The number of hydrogen-bond acceptors (Lipinski definition) is 10. The van der Waals surface area contributed by atoms with Gasteiger partial charge in [-0.1, -0.05) is 38.8 Å². The standard InChI is InChI=1S/C28H34N2O9/c1-5-6-7-11-15(32)39-24-16-12(2)13-9-8-10-14(31)17(13)22(33)18(16)25(35)28(38)20(24)21(30(3)4)23(34)19(26(28)36)27(29)37/h8-10,12,16,20-21,24,31,33,36,38H,5-7,11H2,1-4H3,(H2,29,37)/t12-,16+,20+,21-,24-,28-/m1/s1. The Morgan fingerprint density at radius 1 is 1.13 bits per heavy atom. The highest BCUT2D eigenvalue weighted by Gasteiger charge is 2.69. The minimum absolute atomic E-state index is 0.0296. The number of Topliss-reactive ketones (excluding diaryl/α,β-unsaturated/α-hetero) is 2. The number of carbonyl (C=O) groups is 4. The molecule has 1 saturated carbocycles. The Labute approximate surface area is 225 Å². The summed E-state index contributed by atoms with van der Waals surface area (Å²) in [6.45, 7) is 3.68. The lowest BCUT2D eigenvalue weighted by atomic mass is 9.54. The molecule has 0 saturated heterocycles. The van der Waals surface area contributed by atoms with Gasteiger partial charge >= 0.3 is 5.97 Å². The number of primary amides is 1. The van der Waals surface area contributed by atoms with Crippen LogP contribution in [0.4, 0.5) is 0 Å². The highest BCUT2D eigenvalue weighted by molar-refractivity contribution is 6.24. The fourth-order valence-corrected chi connectivity index (χ4v) is 6.42. The number of esters is 1. The number of carbonyl (C=O) groups excluding carboxylic acids is 4. The van der Waals surface area contributed by atoms with Crippen LogP contribution < -0.4 is 5.73 Å². The number of phenols is 1. The minimum Gasteiger partial charge on any atom is -0.508 e. The summed E-state index contributed by atoms with van der Waals surface area (Å²) in [6.07, 6.45) is 0.766. The zero-order valence-electron chi connectivity index (χ0n) is 22.3. The van der Waals surface area contributed by atoms with Crippen LogP contribution in [0.3, 0.4) is 0 Å². The van der Waals surface area contributed by atoms with Gasteiger partial charge in [-0.15, -0.1) is 0 Å². The lowest BCUT2D eigenvalue weighted by Crippen LogP contribution is -2.71. The van der Waals surface area contributed by atoms with E-state index < -0.39 is 76.0 Å². The lowest BCUT2D eigenvalue weighted by molar-refractivity contribution is -0.185. The van der Waals surface area contributed by atoms with Crippen LogP contribution in [-0.4, -0.2) is 80.6 Å². The maximum Gasteiger partial charge on any atom is 0.306 e. The Bertz CT molecular complexity index is 1310. The van der Waals surface area contributed by atoms with Crippen molar-refractivity contribution in [2.75, 3.05) is 14.1 Å². The number of ether oxygens (including phenoxy) is 1. The molecule has 0 aromatic heterocycles. The monoisotopic (exact) mass is 542 g/mol. The molecular weight excluding hydrogens is 508 g/mol. The second-order valence-electron chi connectivity index (χ2n) is 10.7. The summed E-state index contributed by atoms with van der Waals surface area (Å²) in [5, 5.41) is 45.0. The quantitative estimate of drug-likeness (QED) is 0.192. The van der Waals surface area contributed by atoms with E-state index in [1.54, 1.807) is 19.1 Å². The van der Waals surface area contributed by atoms with Crippen molar-refractivity contribution in [3.8, 4) is 5.75 Å². The van der Waals surface area contributed by atoms with Crippen LogP contribution in [0.15, 0.2) is 35.1 Å². The van der Waals surface area contributed by atoms with Gasteiger partial charge in [0.15, 0.2) is 11.4 Å². The molecule has 1 fully saturated rings. The number of nitrogens with two attached hydrogens (primary N) is 1. The molecule has 0 heterocycles. The number of rotatable bonds is 7. The van der Waals surface area contributed by atoms with Crippen molar-refractivity contribution in [1.29, 1.82) is 0 Å². The fourth-order valence-electron chi connectivity index (χ4n) is 6.42. The summed E-state index contributed by atoms with van der Waals surface area (Å²) in [4.78, 5) is 54.3. The topological polar surface area (TPSA) is 188 Å². The SMILES string of the molecule is CCCCCC(=O)O[C@@H]1[C@@H]2C(=C(O)c3c(O)cccc3[C@H]2C)C(=O)[C@@]2(O)C(O)=C(C(N)=O)C(=O)[C@H](N(C)C)[C@@H]12. The molecule has 210 valence electrons. The Kier molecular flexibility index (Phi) is 7.35. The molecule has 6 atom stereocenters. The summed E-state index contributed by atoms with van der Waals surface area (Å²) in [5.41, 5.74) is 1.55. The minimum atomic E-state index is -2.94. The molecule has 3 aliphatic rings. The summed E-state index contributed by atoms with van der Waals surface area (Å²) < 4.78 is 5.94. The highest BCUT2D eigenvalue weighted by Crippen LogP contribution is 2.56. The molecule has 4 rings (SSSR count). The van der Waals surface area contributed by atoms with Crippen LogP contribution >= 0.6 is 0 Å². The Balaban J connectivity index is 2.03. The van der Waals surface area contributed by atoms with Crippen LogP contribution in [0.25, 0.3) is 5.76 Å². The number of benzene rings is 1. The highest BCUT2D eigenvalue weighted by atomic mass is 16.5. The number of amides is 1. The van der Waals surface area contributed by atoms with Gasteiger partial charge in [0.05, 0.1) is 17.5 Å². The summed E-state index contributed by atoms with van der Waals surface area (Å²) in [7, 11) is 2.96. The summed E-state index contributed by atoms with van der Waals surface area (Å²) in [6, 6.07) is 3.14. The number of aliphatic hydroxyl groups is 3. The molecule has 0 unspecified atom stereocenters. The number of aliphatic hydroxyl groups excluding tert-OH is 2. The van der Waals surface area contributed by atoms with Gasteiger partial charge in [0.2, 0.25) is 5.78 Å². The molecule has 1 aromatic rings. The van der Waals surface area contributed by atoms with Gasteiger partial charge in [-0.2, -0.15) is 0 Å². The number of phenolic OH excluding ortho intramolecular Hbond substituents is 1. The third-order valence-electron chi connectivity index (χ3n) is 8.22. The van der Waals surface area contributed by atoms with Crippen molar-refractivity contribution in [2.45, 2.75) is 63.2 Å². The molecule has 0 bridgehead atoms. The number of aromatic hydroxyl groups is 1. The molecule has 11 nitrogen and oxygen atoms in total. The van der Waals surface area contributed by atoms with E-state index in [1.165, 1.54) is 25.1 Å². The van der Waals surface area contributed by atoms with E-state index in [4.69, 9.17) is 10.5 Å². The van der Waals surface area contributed by atoms with Crippen molar-refractivity contribution < 1.29 is 44.3 Å². The molecule has 1 amide bonds. The van der Waals surface area contributed by atoms with Crippen molar-refractivity contribution in [3.63, 3.8) is 0 Å². The number of nitrogens with zero attached hydrogens (tertiary/aromatic N) is 1. The fraction of sp³-hybridized carbons (Fsp3) is 0.500. The third kappa shape index (κ3) is 4.11. The molecule has 3 aliphatic carbocycles. The van der Waals surface area contributed by atoms with Crippen molar-refractivity contribution in [2.24, 2.45) is 17.6 Å². The van der Waals surface area contributed by atoms with E-state index in [-0.39, 0.29) is 23.3 Å². The maximum absolute atomic E-state index is 14.1. The van der Waals surface area contributed by atoms with Crippen molar-refractivity contribution in [3.05, 3.63) is 46.2 Å². The molecule has 39 heavy (non-hydrogen) atoms. The van der Waals surface area contributed by atoms with Crippen LogP contribution in [0.1, 0.15) is 56.6 Å². The largest absolute Gasteiger partial charge is 0.508 e. The molecule has 0 radical (unpaired) electrons. The van der Waals surface area contributed by atoms with Crippen molar-refractivity contribution >= 4 is 29.2 Å². The van der Waals surface area contributed by atoms with Crippen LogP contribution in [-0.2, 0) is 23.9 Å². The van der Waals surface area contributed by atoms with E-state index in [2.05, 4.69) is 0 Å². The molecule has 0 aliphatic heterocycles. The van der Waals surface area contributed by atoms with Gasteiger partial charge in [-0.3, -0.25) is 24.1 Å². The van der Waals surface area contributed by atoms with Gasteiger partial charge in [0.25, 0.3) is 5.91 Å². The maximum atomic E-state index is 14.1. The number of ketones is 2. The Morgan fingerprint density at radius 3 is 2.38 bits per heavy atom. The van der Waals surface area contributed by atoms with Crippen LogP contribution in [0.5, 0.6) is 5.75 Å². The predicted octanol–water partition coefficient (Wildman–Crippen LogP) is 1.63. The van der Waals surface area contributed by atoms with E-state index in [9.17, 15) is 39.6 Å². The van der Waals surface area contributed by atoms with Crippen LogP contribution in [0.2, 0.25) is 0 Å². The number of likely N-dealkylation sites (N-methyl/N-ethyl adjacent to an activating group) is 1. The van der Waals surface area contributed by atoms with Gasteiger partial charge in [0.1, 0.15) is 28.9 Å².